The van der Waals surface area contributed by atoms with Gasteiger partial charge >= 0.3 is 0 Å². The Bertz CT molecular complexity index is 314. The van der Waals surface area contributed by atoms with Crippen molar-refractivity contribution in [2.75, 3.05) is 13.2 Å². The molecule has 0 aromatic heterocycles. The van der Waals surface area contributed by atoms with Crippen molar-refractivity contribution < 1.29 is 9.90 Å². The van der Waals surface area contributed by atoms with E-state index >= 15 is 0 Å². The SMILES string of the molecule is NCCCC(=O)NC(CO)c1ccccc1. The van der Waals surface area contributed by atoms with Gasteiger partial charge in [0.2, 0.25) is 5.91 Å². The van der Waals surface area contributed by atoms with Gasteiger partial charge in [0.1, 0.15) is 0 Å². The van der Waals surface area contributed by atoms with Crippen molar-refractivity contribution in [1.29, 1.82) is 0 Å². The maximum absolute atomic E-state index is 11.5. The summed E-state index contributed by atoms with van der Waals surface area (Å²) in [6.45, 7) is 0.404. The minimum Gasteiger partial charge on any atom is -0.394 e. The molecule has 0 bridgehead atoms. The number of nitrogens with two attached hydrogens (primary N) is 1. The lowest BCUT2D eigenvalue weighted by atomic mass is 10.1. The fourth-order valence-corrected chi connectivity index (χ4v) is 1.45. The number of amides is 1. The van der Waals surface area contributed by atoms with E-state index in [0.717, 1.165) is 5.56 Å². The normalized spacial score (nSPS) is 12.1. The Hall–Kier alpha value is -1.39. The smallest absolute Gasteiger partial charge is 0.220 e. The molecule has 0 heterocycles. The molecule has 1 amide bonds. The molecule has 1 aromatic carbocycles. The van der Waals surface area contributed by atoms with E-state index in [1.807, 2.05) is 30.3 Å². The molecule has 16 heavy (non-hydrogen) atoms. The third-order valence-corrected chi connectivity index (χ3v) is 2.33. The van der Waals surface area contributed by atoms with E-state index in [2.05, 4.69) is 5.32 Å². The molecule has 1 rings (SSSR count). The second-order valence-electron chi connectivity index (χ2n) is 3.61. The van der Waals surface area contributed by atoms with Crippen LogP contribution in [0.15, 0.2) is 30.3 Å². The highest BCUT2D eigenvalue weighted by Gasteiger charge is 2.12. The van der Waals surface area contributed by atoms with Crippen molar-refractivity contribution in [1.82, 2.24) is 5.32 Å². The summed E-state index contributed by atoms with van der Waals surface area (Å²) in [5, 5.41) is 12.0. The molecule has 1 unspecified atom stereocenters. The number of aliphatic hydroxyl groups is 1. The molecular weight excluding hydrogens is 204 g/mol. The number of hydrogen-bond acceptors (Lipinski definition) is 3. The lowest BCUT2D eigenvalue weighted by Crippen LogP contribution is -2.30. The lowest BCUT2D eigenvalue weighted by Gasteiger charge is -2.16. The van der Waals surface area contributed by atoms with Gasteiger partial charge in [0.25, 0.3) is 0 Å². The van der Waals surface area contributed by atoms with E-state index in [1.165, 1.54) is 0 Å². The van der Waals surface area contributed by atoms with Gasteiger partial charge in [-0.05, 0) is 18.5 Å². The Morgan fingerprint density at radius 2 is 2.06 bits per heavy atom. The van der Waals surface area contributed by atoms with Crippen LogP contribution in [0.1, 0.15) is 24.4 Å². The maximum Gasteiger partial charge on any atom is 0.220 e. The molecule has 0 aliphatic heterocycles. The second-order valence-corrected chi connectivity index (χ2v) is 3.61. The molecular formula is C12H18N2O2. The number of nitrogens with one attached hydrogen (secondary N) is 1. The van der Waals surface area contributed by atoms with E-state index in [-0.39, 0.29) is 18.6 Å². The average molecular weight is 222 g/mol. The van der Waals surface area contributed by atoms with Crippen LogP contribution in [0.3, 0.4) is 0 Å². The van der Waals surface area contributed by atoms with Crippen LogP contribution >= 0.6 is 0 Å². The third kappa shape index (κ3) is 4.00. The fraction of sp³-hybridized carbons (Fsp3) is 0.417. The molecule has 0 saturated carbocycles. The largest absolute Gasteiger partial charge is 0.394 e. The number of benzene rings is 1. The van der Waals surface area contributed by atoms with Gasteiger partial charge in [-0.15, -0.1) is 0 Å². The van der Waals surface area contributed by atoms with Crippen molar-refractivity contribution in [3.8, 4) is 0 Å². The second kappa shape index (κ2) is 6.98. The van der Waals surface area contributed by atoms with Gasteiger partial charge in [-0.2, -0.15) is 0 Å². The quantitative estimate of drug-likeness (QED) is 0.659. The van der Waals surface area contributed by atoms with Crippen LogP contribution in [0.4, 0.5) is 0 Å². The molecule has 4 nitrogen and oxygen atoms in total. The number of carbonyl (C=O) groups excluding carboxylic acids is 1. The fourth-order valence-electron chi connectivity index (χ4n) is 1.45. The van der Waals surface area contributed by atoms with Crippen LogP contribution in [-0.2, 0) is 4.79 Å². The summed E-state index contributed by atoms with van der Waals surface area (Å²) in [7, 11) is 0. The van der Waals surface area contributed by atoms with Crippen LogP contribution in [-0.4, -0.2) is 24.2 Å². The molecule has 0 spiro atoms. The Morgan fingerprint density at radius 3 is 2.62 bits per heavy atom. The van der Waals surface area contributed by atoms with Crippen molar-refractivity contribution in [2.45, 2.75) is 18.9 Å². The van der Waals surface area contributed by atoms with Crippen LogP contribution in [0.5, 0.6) is 0 Å². The van der Waals surface area contributed by atoms with E-state index < -0.39 is 0 Å². The van der Waals surface area contributed by atoms with Gasteiger partial charge in [-0.3, -0.25) is 4.79 Å². The molecule has 0 aliphatic carbocycles. The molecule has 1 atom stereocenters. The van der Waals surface area contributed by atoms with Gasteiger partial charge in [0.15, 0.2) is 0 Å². The number of aliphatic hydroxyl groups excluding tert-OH is 1. The first-order chi connectivity index (χ1) is 7.77. The number of rotatable bonds is 6. The summed E-state index contributed by atoms with van der Waals surface area (Å²) in [5.74, 6) is -0.0756. The molecule has 0 saturated heterocycles. The van der Waals surface area contributed by atoms with E-state index in [1.54, 1.807) is 0 Å². The zero-order valence-corrected chi connectivity index (χ0v) is 9.23. The lowest BCUT2D eigenvalue weighted by molar-refractivity contribution is -0.122. The predicted octanol–water partition coefficient (Wildman–Crippen LogP) is 0.575. The molecule has 0 fully saturated rings. The minimum absolute atomic E-state index is 0.0756. The summed E-state index contributed by atoms with van der Waals surface area (Å²) in [6.07, 6.45) is 1.07. The number of hydrogen-bond donors (Lipinski definition) is 3. The first kappa shape index (κ1) is 12.7. The minimum atomic E-state index is -0.327. The highest BCUT2D eigenvalue weighted by Crippen LogP contribution is 2.11. The Kier molecular flexibility index (Phi) is 5.53. The first-order valence-corrected chi connectivity index (χ1v) is 5.43. The maximum atomic E-state index is 11.5. The topological polar surface area (TPSA) is 75.4 Å². The van der Waals surface area contributed by atoms with Crippen molar-refractivity contribution in [3.05, 3.63) is 35.9 Å². The van der Waals surface area contributed by atoms with Crippen molar-refractivity contribution in [3.63, 3.8) is 0 Å². The third-order valence-electron chi connectivity index (χ3n) is 2.33. The highest BCUT2D eigenvalue weighted by molar-refractivity contribution is 5.76. The summed E-state index contributed by atoms with van der Waals surface area (Å²) < 4.78 is 0. The summed E-state index contributed by atoms with van der Waals surface area (Å²) in [6, 6.07) is 9.09. The van der Waals surface area contributed by atoms with Crippen LogP contribution < -0.4 is 11.1 Å². The monoisotopic (exact) mass is 222 g/mol. The van der Waals surface area contributed by atoms with Gasteiger partial charge in [0, 0.05) is 6.42 Å². The van der Waals surface area contributed by atoms with Crippen molar-refractivity contribution >= 4 is 5.91 Å². The van der Waals surface area contributed by atoms with E-state index in [9.17, 15) is 9.90 Å². The molecule has 88 valence electrons. The van der Waals surface area contributed by atoms with E-state index in [4.69, 9.17) is 5.73 Å². The highest BCUT2D eigenvalue weighted by atomic mass is 16.3. The zero-order valence-electron chi connectivity index (χ0n) is 9.23. The van der Waals surface area contributed by atoms with Gasteiger partial charge < -0.3 is 16.2 Å². The summed E-state index contributed by atoms with van der Waals surface area (Å²) in [4.78, 5) is 11.5. The first-order valence-electron chi connectivity index (χ1n) is 5.43. The molecule has 1 aromatic rings. The zero-order chi connectivity index (χ0) is 11.8. The van der Waals surface area contributed by atoms with Crippen LogP contribution in [0.25, 0.3) is 0 Å². The standard InChI is InChI=1S/C12H18N2O2/c13-8-4-7-12(16)14-11(9-15)10-5-2-1-3-6-10/h1-3,5-6,11,15H,4,7-9,13H2,(H,14,16). The Morgan fingerprint density at radius 1 is 1.38 bits per heavy atom. The van der Waals surface area contributed by atoms with Gasteiger partial charge in [0.05, 0.1) is 12.6 Å². The van der Waals surface area contributed by atoms with Crippen LogP contribution in [0, 0.1) is 0 Å². The van der Waals surface area contributed by atoms with E-state index in [0.29, 0.717) is 19.4 Å². The predicted molar refractivity (Wildman–Crippen MR) is 62.7 cm³/mol. The molecule has 0 aliphatic rings. The Balaban J connectivity index is 2.52. The average Bonchev–Trinajstić information content (AvgIpc) is 2.34. The Labute approximate surface area is 95.5 Å². The molecule has 4 N–H and O–H groups in total. The molecule has 0 radical (unpaired) electrons. The summed E-state index contributed by atoms with van der Waals surface area (Å²) in [5.41, 5.74) is 6.23. The number of carbonyl (C=O) groups is 1. The van der Waals surface area contributed by atoms with Crippen molar-refractivity contribution in [2.24, 2.45) is 5.73 Å². The molecule has 4 heteroatoms. The van der Waals surface area contributed by atoms with Gasteiger partial charge in [-0.25, -0.2) is 0 Å². The summed E-state index contributed by atoms with van der Waals surface area (Å²) >= 11 is 0. The van der Waals surface area contributed by atoms with Crippen LogP contribution in [0.2, 0.25) is 0 Å². The van der Waals surface area contributed by atoms with Gasteiger partial charge in [-0.1, -0.05) is 30.3 Å².